The number of rotatable bonds is 5. The molecule has 6 heteroatoms. The number of H-pyrrole nitrogens is 1. The van der Waals surface area contributed by atoms with Crippen LogP contribution >= 0.6 is 0 Å². The van der Waals surface area contributed by atoms with Gasteiger partial charge in [-0.2, -0.15) is 0 Å². The molecule has 2 aromatic heterocycles. The molecule has 0 saturated carbocycles. The SMILES string of the molecule is CCc1nc2ncn(CCOc3ccccc3)c2c(=O)[nH]1. The molecule has 0 aliphatic heterocycles. The van der Waals surface area contributed by atoms with Crippen LogP contribution in [0.3, 0.4) is 0 Å². The summed E-state index contributed by atoms with van der Waals surface area (Å²) in [6.07, 6.45) is 2.30. The molecule has 1 aromatic carbocycles. The Bertz CT molecular complexity index is 792. The normalized spacial score (nSPS) is 10.9. The third-order valence-corrected chi connectivity index (χ3v) is 3.21. The number of fused-ring (bicyclic) bond motifs is 1. The number of hydrogen-bond donors (Lipinski definition) is 1. The zero-order valence-corrected chi connectivity index (χ0v) is 11.7. The minimum absolute atomic E-state index is 0.158. The number of benzene rings is 1. The van der Waals surface area contributed by atoms with Crippen LogP contribution < -0.4 is 10.3 Å². The highest BCUT2D eigenvalue weighted by molar-refractivity contribution is 5.69. The summed E-state index contributed by atoms with van der Waals surface area (Å²) in [5.74, 6) is 1.46. The zero-order valence-electron chi connectivity index (χ0n) is 11.7. The topological polar surface area (TPSA) is 72.8 Å². The predicted molar refractivity (Wildman–Crippen MR) is 79.5 cm³/mol. The Hall–Kier alpha value is -2.63. The maximum Gasteiger partial charge on any atom is 0.277 e. The van der Waals surface area contributed by atoms with Crippen molar-refractivity contribution in [3.63, 3.8) is 0 Å². The van der Waals surface area contributed by atoms with E-state index < -0.39 is 0 Å². The number of nitrogens with zero attached hydrogens (tertiary/aromatic N) is 3. The summed E-state index contributed by atoms with van der Waals surface area (Å²) in [6.45, 7) is 2.95. The van der Waals surface area contributed by atoms with Crippen molar-refractivity contribution < 1.29 is 4.74 Å². The molecule has 21 heavy (non-hydrogen) atoms. The number of aromatic amines is 1. The van der Waals surface area contributed by atoms with E-state index in [2.05, 4.69) is 15.0 Å². The number of aryl methyl sites for hydroxylation is 1. The summed E-state index contributed by atoms with van der Waals surface area (Å²) in [7, 11) is 0. The molecule has 0 bridgehead atoms. The smallest absolute Gasteiger partial charge is 0.277 e. The second kappa shape index (κ2) is 5.78. The molecule has 0 saturated heterocycles. The number of para-hydroxylation sites is 1. The van der Waals surface area contributed by atoms with Gasteiger partial charge in [0.15, 0.2) is 11.2 Å². The van der Waals surface area contributed by atoms with Crippen molar-refractivity contribution >= 4 is 11.2 Å². The highest BCUT2D eigenvalue weighted by Gasteiger charge is 2.09. The van der Waals surface area contributed by atoms with Crippen LogP contribution in [-0.2, 0) is 13.0 Å². The molecule has 6 nitrogen and oxygen atoms in total. The molecule has 108 valence electrons. The molecule has 0 aliphatic rings. The molecular formula is C15H16N4O2. The Labute approximate surface area is 121 Å². The minimum atomic E-state index is -0.158. The Kier molecular flexibility index (Phi) is 3.68. The van der Waals surface area contributed by atoms with Gasteiger partial charge < -0.3 is 14.3 Å². The summed E-state index contributed by atoms with van der Waals surface area (Å²) in [5.41, 5.74) is 0.813. The summed E-state index contributed by atoms with van der Waals surface area (Å²) in [4.78, 5) is 23.3. The Morgan fingerprint density at radius 3 is 2.86 bits per heavy atom. The first-order chi connectivity index (χ1) is 10.3. The van der Waals surface area contributed by atoms with E-state index in [4.69, 9.17) is 4.74 Å². The van der Waals surface area contributed by atoms with E-state index in [-0.39, 0.29) is 5.56 Å². The zero-order chi connectivity index (χ0) is 14.7. The molecule has 0 atom stereocenters. The van der Waals surface area contributed by atoms with Crippen molar-refractivity contribution in [2.45, 2.75) is 19.9 Å². The van der Waals surface area contributed by atoms with Crippen LogP contribution in [0.25, 0.3) is 11.2 Å². The van der Waals surface area contributed by atoms with Crippen LogP contribution in [0.1, 0.15) is 12.7 Å². The van der Waals surface area contributed by atoms with E-state index in [1.807, 2.05) is 37.3 Å². The number of ether oxygens (including phenoxy) is 1. The summed E-state index contributed by atoms with van der Waals surface area (Å²) in [5, 5.41) is 0. The quantitative estimate of drug-likeness (QED) is 0.775. The van der Waals surface area contributed by atoms with E-state index in [0.717, 1.165) is 5.75 Å². The molecule has 0 unspecified atom stereocenters. The van der Waals surface area contributed by atoms with Gasteiger partial charge in [-0.3, -0.25) is 4.79 Å². The van der Waals surface area contributed by atoms with Crippen molar-refractivity contribution in [1.82, 2.24) is 19.5 Å². The van der Waals surface area contributed by atoms with Gasteiger partial charge >= 0.3 is 0 Å². The van der Waals surface area contributed by atoms with Gasteiger partial charge in [-0.25, -0.2) is 9.97 Å². The lowest BCUT2D eigenvalue weighted by molar-refractivity contribution is 0.300. The van der Waals surface area contributed by atoms with Crippen LogP contribution in [0.4, 0.5) is 0 Å². The molecular weight excluding hydrogens is 268 g/mol. The molecule has 0 fully saturated rings. The first-order valence-electron chi connectivity index (χ1n) is 6.90. The molecule has 0 spiro atoms. The van der Waals surface area contributed by atoms with E-state index >= 15 is 0 Å². The second-order valence-electron chi connectivity index (χ2n) is 4.64. The highest BCUT2D eigenvalue weighted by Crippen LogP contribution is 2.09. The summed E-state index contributed by atoms with van der Waals surface area (Å²) in [6, 6.07) is 9.57. The molecule has 0 aliphatic carbocycles. The average molecular weight is 284 g/mol. The van der Waals surface area contributed by atoms with Gasteiger partial charge in [0.25, 0.3) is 5.56 Å². The van der Waals surface area contributed by atoms with Gasteiger partial charge in [-0.05, 0) is 12.1 Å². The van der Waals surface area contributed by atoms with Gasteiger partial charge in [-0.15, -0.1) is 0 Å². The Morgan fingerprint density at radius 1 is 1.29 bits per heavy atom. The maximum atomic E-state index is 12.1. The lowest BCUT2D eigenvalue weighted by Gasteiger charge is -2.07. The standard InChI is InChI=1S/C15H16N4O2/c1-2-12-17-14-13(15(20)18-12)19(10-16-14)8-9-21-11-6-4-3-5-7-11/h3-7,10H,2,8-9H2,1H3,(H,17,18,20). The van der Waals surface area contributed by atoms with Crippen molar-refractivity contribution in [2.75, 3.05) is 6.61 Å². The summed E-state index contributed by atoms with van der Waals surface area (Å²) >= 11 is 0. The number of nitrogens with one attached hydrogen (secondary N) is 1. The van der Waals surface area contributed by atoms with Crippen LogP contribution in [0, 0.1) is 0 Å². The fourth-order valence-electron chi connectivity index (χ4n) is 2.15. The monoisotopic (exact) mass is 284 g/mol. The molecule has 3 aromatic rings. The Morgan fingerprint density at radius 2 is 2.10 bits per heavy atom. The summed E-state index contributed by atoms with van der Waals surface area (Å²) < 4.78 is 7.40. The van der Waals surface area contributed by atoms with Crippen LogP contribution in [0.5, 0.6) is 5.75 Å². The molecule has 3 rings (SSSR count). The van der Waals surface area contributed by atoms with Crippen LogP contribution in [-0.4, -0.2) is 26.1 Å². The van der Waals surface area contributed by atoms with E-state index in [9.17, 15) is 4.79 Å². The van der Waals surface area contributed by atoms with E-state index in [1.54, 1.807) is 10.9 Å². The van der Waals surface area contributed by atoms with Gasteiger partial charge in [0.1, 0.15) is 18.2 Å². The minimum Gasteiger partial charge on any atom is -0.492 e. The molecule has 0 amide bonds. The maximum absolute atomic E-state index is 12.1. The lowest BCUT2D eigenvalue weighted by Crippen LogP contribution is -2.16. The Balaban J connectivity index is 1.77. The molecule has 2 heterocycles. The first-order valence-corrected chi connectivity index (χ1v) is 6.90. The second-order valence-corrected chi connectivity index (χ2v) is 4.64. The van der Waals surface area contributed by atoms with Crippen molar-refractivity contribution in [2.24, 2.45) is 0 Å². The van der Waals surface area contributed by atoms with Crippen molar-refractivity contribution in [1.29, 1.82) is 0 Å². The predicted octanol–water partition coefficient (Wildman–Crippen LogP) is 1.76. The van der Waals surface area contributed by atoms with Gasteiger partial charge in [0.2, 0.25) is 0 Å². The van der Waals surface area contributed by atoms with Gasteiger partial charge in [0, 0.05) is 6.42 Å². The first kappa shape index (κ1) is 13.4. The lowest BCUT2D eigenvalue weighted by atomic mass is 10.3. The van der Waals surface area contributed by atoms with Gasteiger partial charge in [-0.1, -0.05) is 25.1 Å². The number of hydrogen-bond acceptors (Lipinski definition) is 4. The fraction of sp³-hybridized carbons (Fsp3) is 0.267. The highest BCUT2D eigenvalue weighted by atomic mass is 16.5. The average Bonchev–Trinajstić information content (AvgIpc) is 2.92. The number of aromatic nitrogens is 4. The van der Waals surface area contributed by atoms with E-state index in [1.165, 1.54) is 0 Å². The number of imidazole rings is 1. The fourth-order valence-corrected chi connectivity index (χ4v) is 2.15. The third kappa shape index (κ3) is 2.79. The third-order valence-electron chi connectivity index (χ3n) is 3.21. The van der Waals surface area contributed by atoms with Crippen molar-refractivity contribution in [3.8, 4) is 5.75 Å². The van der Waals surface area contributed by atoms with E-state index in [0.29, 0.717) is 36.6 Å². The van der Waals surface area contributed by atoms with Crippen LogP contribution in [0.15, 0.2) is 41.5 Å². The van der Waals surface area contributed by atoms with Crippen molar-refractivity contribution in [3.05, 3.63) is 52.8 Å². The van der Waals surface area contributed by atoms with Crippen LogP contribution in [0.2, 0.25) is 0 Å². The largest absolute Gasteiger partial charge is 0.492 e. The molecule has 0 radical (unpaired) electrons. The van der Waals surface area contributed by atoms with Gasteiger partial charge in [0.05, 0.1) is 12.9 Å². The molecule has 1 N–H and O–H groups in total.